The molecule has 1 aliphatic carbocycles. The Hall–Kier alpha value is -0.440. The van der Waals surface area contributed by atoms with Crippen molar-refractivity contribution in [2.45, 2.75) is 52.4 Å². The summed E-state index contributed by atoms with van der Waals surface area (Å²) in [6.07, 6.45) is 12.0. The van der Waals surface area contributed by atoms with Crippen LogP contribution in [0.5, 0.6) is 0 Å². The van der Waals surface area contributed by atoms with Gasteiger partial charge in [0.1, 0.15) is 0 Å². The molecule has 1 fully saturated rings. The van der Waals surface area contributed by atoms with Crippen molar-refractivity contribution in [3.63, 3.8) is 0 Å². The summed E-state index contributed by atoms with van der Waals surface area (Å²) in [5.41, 5.74) is 0.408. The summed E-state index contributed by atoms with van der Waals surface area (Å²) in [4.78, 5) is 14.5. The van der Waals surface area contributed by atoms with Gasteiger partial charge in [-0.15, -0.1) is 0 Å². The molecule has 0 unspecified atom stereocenters. The molecule has 20 heavy (non-hydrogen) atoms. The van der Waals surface area contributed by atoms with Gasteiger partial charge >= 0.3 is 0 Å². The second-order valence-corrected chi connectivity index (χ2v) is 7.97. The minimum atomic E-state index is 0.368. The lowest BCUT2D eigenvalue weighted by Crippen LogP contribution is -2.47. The standard InChI is InChI=1S/C17H29NOS/c1-15(2)7-12-20-13-16(19)18-11-6-10-17(14-18)8-4-3-5-9-17/h3-4,15H,5-14H2,1-2H3/t17-/m0/s1. The largest absolute Gasteiger partial charge is 0.341 e. The molecule has 1 spiro atoms. The Morgan fingerprint density at radius 2 is 2.20 bits per heavy atom. The van der Waals surface area contributed by atoms with Crippen molar-refractivity contribution < 1.29 is 4.79 Å². The van der Waals surface area contributed by atoms with Gasteiger partial charge in [0.2, 0.25) is 5.91 Å². The molecule has 0 saturated carbocycles. The van der Waals surface area contributed by atoms with E-state index in [1.807, 2.05) is 11.8 Å². The van der Waals surface area contributed by atoms with E-state index in [2.05, 4.69) is 30.9 Å². The average Bonchev–Trinajstić information content (AvgIpc) is 2.44. The fourth-order valence-electron chi connectivity index (χ4n) is 3.30. The zero-order valence-corrected chi connectivity index (χ0v) is 13.9. The van der Waals surface area contributed by atoms with Crippen molar-refractivity contribution in [3.05, 3.63) is 12.2 Å². The molecule has 1 saturated heterocycles. The van der Waals surface area contributed by atoms with Gasteiger partial charge < -0.3 is 4.90 Å². The first kappa shape index (κ1) is 15.9. The maximum atomic E-state index is 12.4. The van der Waals surface area contributed by atoms with Gasteiger partial charge in [0.15, 0.2) is 0 Å². The zero-order chi connectivity index (χ0) is 14.4. The van der Waals surface area contributed by atoms with Gasteiger partial charge in [0.05, 0.1) is 5.75 Å². The highest BCUT2D eigenvalue weighted by atomic mass is 32.2. The van der Waals surface area contributed by atoms with Gasteiger partial charge in [-0.3, -0.25) is 4.79 Å². The Balaban J connectivity index is 1.76. The highest BCUT2D eigenvalue weighted by Gasteiger charge is 2.36. The first-order valence-corrected chi connectivity index (χ1v) is 9.27. The lowest BCUT2D eigenvalue weighted by molar-refractivity contribution is -0.132. The van der Waals surface area contributed by atoms with E-state index in [1.54, 1.807) is 0 Å². The van der Waals surface area contributed by atoms with Gasteiger partial charge in [-0.25, -0.2) is 0 Å². The molecule has 1 atom stereocenters. The van der Waals surface area contributed by atoms with Crippen LogP contribution in [0.4, 0.5) is 0 Å². The predicted octanol–water partition coefficient (Wildman–Crippen LogP) is 4.11. The van der Waals surface area contributed by atoms with Crippen LogP contribution >= 0.6 is 11.8 Å². The monoisotopic (exact) mass is 295 g/mol. The summed E-state index contributed by atoms with van der Waals surface area (Å²) in [7, 11) is 0. The highest BCUT2D eigenvalue weighted by molar-refractivity contribution is 7.99. The van der Waals surface area contributed by atoms with Crippen LogP contribution in [0.15, 0.2) is 12.2 Å². The number of carbonyl (C=O) groups is 1. The van der Waals surface area contributed by atoms with E-state index >= 15 is 0 Å². The van der Waals surface area contributed by atoms with Crippen LogP contribution in [0.25, 0.3) is 0 Å². The summed E-state index contributed by atoms with van der Waals surface area (Å²) in [5.74, 6) is 2.90. The molecule has 0 aromatic rings. The second-order valence-electron chi connectivity index (χ2n) is 6.87. The summed E-state index contributed by atoms with van der Waals surface area (Å²) in [6, 6.07) is 0. The topological polar surface area (TPSA) is 20.3 Å². The van der Waals surface area contributed by atoms with Crippen molar-refractivity contribution in [1.29, 1.82) is 0 Å². The summed E-state index contributed by atoms with van der Waals surface area (Å²) in [5, 5.41) is 0. The highest BCUT2D eigenvalue weighted by Crippen LogP contribution is 2.40. The van der Waals surface area contributed by atoms with Crippen LogP contribution in [0.3, 0.4) is 0 Å². The third-order valence-electron chi connectivity index (χ3n) is 4.64. The summed E-state index contributed by atoms with van der Waals surface area (Å²) < 4.78 is 0. The van der Waals surface area contributed by atoms with Crippen molar-refractivity contribution >= 4 is 17.7 Å². The molecule has 0 aromatic heterocycles. The van der Waals surface area contributed by atoms with Crippen LogP contribution in [0.1, 0.15) is 52.4 Å². The molecule has 1 amide bonds. The van der Waals surface area contributed by atoms with E-state index in [0.29, 0.717) is 17.1 Å². The third-order valence-corrected chi connectivity index (χ3v) is 5.61. The number of piperidine rings is 1. The first-order chi connectivity index (χ1) is 9.61. The zero-order valence-electron chi connectivity index (χ0n) is 13.1. The third kappa shape index (κ3) is 4.54. The van der Waals surface area contributed by atoms with E-state index in [0.717, 1.165) is 24.8 Å². The molecule has 1 heterocycles. The molecular weight excluding hydrogens is 266 g/mol. The number of amides is 1. The van der Waals surface area contributed by atoms with Gasteiger partial charge in [-0.2, -0.15) is 11.8 Å². The van der Waals surface area contributed by atoms with E-state index < -0.39 is 0 Å². The molecule has 2 nitrogen and oxygen atoms in total. The molecule has 2 rings (SSSR count). The number of hydrogen-bond donors (Lipinski definition) is 0. The lowest BCUT2D eigenvalue weighted by Gasteiger charge is -2.44. The van der Waals surface area contributed by atoms with E-state index in [1.165, 1.54) is 38.5 Å². The maximum Gasteiger partial charge on any atom is 0.232 e. The van der Waals surface area contributed by atoms with Gasteiger partial charge in [0.25, 0.3) is 0 Å². The Labute approximate surface area is 128 Å². The molecule has 0 bridgehead atoms. The van der Waals surface area contributed by atoms with Crippen LogP contribution in [0, 0.1) is 11.3 Å². The Kier molecular flexibility index (Phi) is 6.01. The molecule has 0 radical (unpaired) electrons. The minimum Gasteiger partial charge on any atom is -0.341 e. The first-order valence-electron chi connectivity index (χ1n) is 8.12. The molecular formula is C17H29NOS. The second kappa shape index (κ2) is 7.53. The van der Waals surface area contributed by atoms with Crippen molar-refractivity contribution in [2.24, 2.45) is 11.3 Å². The molecule has 1 aliphatic heterocycles. The fraction of sp³-hybridized carbons (Fsp3) is 0.824. The van der Waals surface area contributed by atoms with E-state index in [-0.39, 0.29) is 0 Å². The van der Waals surface area contributed by atoms with Gasteiger partial charge in [-0.05, 0) is 55.6 Å². The van der Waals surface area contributed by atoms with Crippen LogP contribution < -0.4 is 0 Å². The molecule has 0 aromatic carbocycles. The number of hydrogen-bond acceptors (Lipinski definition) is 2. The minimum absolute atomic E-state index is 0.368. The fourth-order valence-corrected chi connectivity index (χ4v) is 4.44. The Morgan fingerprint density at radius 1 is 1.35 bits per heavy atom. The van der Waals surface area contributed by atoms with E-state index in [9.17, 15) is 4.79 Å². The maximum absolute atomic E-state index is 12.4. The number of rotatable bonds is 5. The molecule has 0 N–H and O–H groups in total. The normalized spacial score (nSPS) is 26.4. The predicted molar refractivity (Wildman–Crippen MR) is 88.0 cm³/mol. The molecule has 3 heteroatoms. The number of thioether (sulfide) groups is 1. The van der Waals surface area contributed by atoms with Crippen LogP contribution in [-0.2, 0) is 4.79 Å². The van der Waals surface area contributed by atoms with Crippen molar-refractivity contribution in [2.75, 3.05) is 24.6 Å². The average molecular weight is 295 g/mol. The van der Waals surface area contributed by atoms with Crippen LogP contribution in [-0.4, -0.2) is 35.4 Å². The SMILES string of the molecule is CC(C)CCSCC(=O)N1CCC[C@@]2(CC=CCC2)C1. The lowest BCUT2D eigenvalue weighted by atomic mass is 9.71. The summed E-state index contributed by atoms with van der Waals surface area (Å²) >= 11 is 1.81. The number of carbonyl (C=O) groups excluding carboxylic acids is 1. The van der Waals surface area contributed by atoms with E-state index in [4.69, 9.17) is 0 Å². The molecule has 114 valence electrons. The van der Waals surface area contributed by atoms with Crippen molar-refractivity contribution in [1.82, 2.24) is 4.90 Å². The van der Waals surface area contributed by atoms with Crippen LogP contribution in [0.2, 0.25) is 0 Å². The van der Waals surface area contributed by atoms with Gasteiger partial charge in [-0.1, -0.05) is 26.0 Å². The Bertz CT molecular complexity index is 353. The number of nitrogens with zero attached hydrogens (tertiary/aromatic N) is 1. The smallest absolute Gasteiger partial charge is 0.232 e. The Morgan fingerprint density at radius 3 is 2.90 bits per heavy atom. The number of likely N-dealkylation sites (tertiary alicyclic amines) is 1. The molecule has 2 aliphatic rings. The van der Waals surface area contributed by atoms with Crippen molar-refractivity contribution in [3.8, 4) is 0 Å². The summed E-state index contributed by atoms with van der Waals surface area (Å²) in [6.45, 7) is 6.47. The quantitative estimate of drug-likeness (QED) is 0.562. The van der Waals surface area contributed by atoms with Gasteiger partial charge in [0, 0.05) is 13.1 Å². The number of allylic oxidation sites excluding steroid dienone is 2.